The van der Waals surface area contributed by atoms with Gasteiger partial charge in [-0.25, -0.2) is 0 Å². The molecule has 0 radical (unpaired) electrons. The highest BCUT2D eigenvalue weighted by atomic mass is 32.2. The Morgan fingerprint density at radius 3 is 2.75 bits per heavy atom. The lowest BCUT2D eigenvalue weighted by Gasteiger charge is -2.13. The summed E-state index contributed by atoms with van der Waals surface area (Å²) in [5, 5.41) is 10.4. The van der Waals surface area contributed by atoms with E-state index in [9.17, 15) is 9.90 Å². The van der Waals surface area contributed by atoms with Crippen LogP contribution in [0.15, 0.2) is 12.1 Å². The van der Waals surface area contributed by atoms with E-state index >= 15 is 0 Å². The molecule has 0 bridgehead atoms. The Balaban J connectivity index is 2.41. The van der Waals surface area contributed by atoms with Crippen LogP contribution in [0.4, 0.5) is 0 Å². The average molecular weight is 296 g/mol. The molecule has 0 saturated carbocycles. The Morgan fingerprint density at radius 2 is 2.10 bits per heavy atom. The summed E-state index contributed by atoms with van der Waals surface area (Å²) in [4.78, 5) is 11.0. The minimum absolute atomic E-state index is 0.144. The summed E-state index contributed by atoms with van der Waals surface area (Å²) in [6, 6.07) is 4.01. The van der Waals surface area contributed by atoms with Crippen LogP contribution in [0, 0.1) is 13.8 Å². The van der Waals surface area contributed by atoms with Crippen molar-refractivity contribution in [3.63, 3.8) is 0 Å². The molecule has 0 aliphatic rings. The van der Waals surface area contributed by atoms with E-state index in [0.29, 0.717) is 24.0 Å². The molecule has 1 aromatic carbocycles. The molecule has 3 nitrogen and oxygen atoms in total. The molecule has 0 saturated heterocycles. The molecule has 1 aromatic rings. The summed E-state index contributed by atoms with van der Waals surface area (Å²) in [7, 11) is 0. The van der Waals surface area contributed by atoms with Gasteiger partial charge in [-0.1, -0.05) is 31.5 Å². The van der Waals surface area contributed by atoms with Gasteiger partial charge in [0.15, 0.2) is 0 Å². The number of phenolic OH excluding ortho intramolecular Hbond substituents is 1. The number of carbonyl (C=O) groups excluding carboxylic acids is 1. The summed E-state index contributed by atoms with van der Waals surface area (Å²) in [5.74, 6) is 1.03. The van der Waals surface area contributed by atoms with E-state index in [1.165, 1.54) is 5.56 Å². The van der Waals surface area contributed by atoms with Crippen molar-refractivity contribution in [2.75, 3.05) is 6.61 Å². The molecule has 0 spiro atoms. The fourth-order valence-electron chi connectivity index (χ4n) is 1.91. The number of benzene rings is 1. The van der Waals surface area contributed by atoms with Crippen molar-refractivity contribution in [3.8, 4) is 5.75 Å². The summed E-state index contributed by atoms with van der Waals surface area (Å²) in [6.45, 7) is 8.34. The van der Waals surface area contributed by atoms with Gasteiger partial charge in [0.25, 0.3) is 0 Å². The molecule has 0 amide bonds. The maximum atomic E-state index is 11.0. The van der Waals surface area contributed by atoms with E-state index in [1.54, 1.807) is 18.7 Å². The van der Waals surface area contributed by atoms with Crippen molar-refractivity contribution >= 4 is 17.7 Å². The lowest BCUT2D eigenvalue weighted by molar-refractivity contribution is -0.143. The first kappa shape index (κ1) is 16.9. The Labute approximate surface area is 125 Å². The van der Waals surface area contributed by atoms with Gasteiger partial charge in [-0.05, 0) is 25.8 Å². The summed E-state index contributed by atoms with van der Waals surface area (Å²) < 4.78 is 5.07. The van der Waals surface area contributed by atoms with Gasteiger partial charge >= 0.3 is 5.97 Å². The first-order chi connectivity index (χ1) is 9.43. The topological polar surface area (TPSA) is 46.5 Å². The zero-order valence-electron chi connectivity index (χ0n) is 12.7. The third kappa shape index (κ3) is 5.45. The minimum atomic E-state index is -0.144. The zero-order chi connectivity index (χ0) is 15.1. The molecule has 0 heterocycles. The molecule has 1 unspecified atom stereocenters. The van der Waals surface area contributed by atoms with Crippen molar-refractivity contribution in [1.29, 1.82) is 0 Å². The molecule has 1 atom stereocenters. The first-order valence-electron chi connectivity index (χ1n) is 7.00. The van der Waals surface area contributed by atoms with E-state index in [1.807, 2.05) is 26.0 Å². The van der Waals surface area contributed by atoms with Crippen molar-refractivity contribution < 1.29 is 14.6 Å². The number of hydrogen-bond donors (Lipinski definition) is 1. The number of ether oxygens (including phenoxy) is 1. The number of aryl methyl sites for hydroxylation is 2. The number of thioether (sulfide) groups is 1. The Kier molecular flexibility index (Phi) is 6.93. The lowest BCUT2D eigenvalue weighted by Crippen LogP contribution is -2.08. The third-order valence-electron chi connectivity index (χ3n) is 3.12. The molecule has 0 aromatic heterocycles. The predicted octanol–water partition coefficient (Wildman–Crippen LogP) is 3.97. The largest absolute Gasteiger partial charge is 0.507 e. The van der Waals surface area contributed by atoms with Crippen LogP contribution >= 0.6 is 11.8 Å². The average Bonchev–Trinajstić information content (AvgIpc) is 2.40. The van der Waals surface area contributed by atoms with E-state index in [4.69, 9.17) is 4.74 Å². The van der Waals surface area contributed by atoms with Crippen LogP contribution in [0.2, 0.25) is 0 Å². The van der Waals surface area contributed by atoms with Crippen LogP contribution in [0.5, 0.6) is 5.75 Å². The van der Waals surface area contributed by atoms with Crippen LogP contribution < -0.4 is 0 Å². The van der Waals surface area contributed by atoms with E-state index in [0.717, 1.165) is 23.3 Å². The van der Waals surface area contributed by atoms with Gasteiger partial charge in [-0.15, -0.1) is 0 Å². The molecular weight excluding hydrogens is 272 g/mol. The second kappa shape index (κ2) is 8.20. The molecule has 1 rings (SSSR count). The quantitative estimate of drug-likeness (QED) is 0.773. The maximum absolute atomic E-state index is 11.0. The highest BCUT2D eigenvalue weighted by molar-refractivity contribution is 7.99. The SMILES string of the molecule is CCC(=O)OCCC(C)SCc1cc(C)cc(C)c1O. The molecule has 1 N–H and O–H groups in total. The van der Waals surface area contributed by atoms with E-state index in [-0.39, 0.29) is 5.97 Å². The fourth-order valence-corrected chi connectivity index (χ4v) is 2.86. The van der Waals surface area contributed by atoms with E-state index in [2.05, 4.69) is 6.92 Å². The molecule has 20 heavy (non-hydrogen) atoms. The van der Waals surface area contributed by atoms with Crippen molar-refractivity contribution in [3.05, 3.63) is 28.8 Å². The normalized spacial score (nSPS) is 12.2. The first-order valence-corrected chi connectivity index (χ1v) is 8.05. The van der Waals surface area contributed by atoms with Gasteiger partial charge in [0.1, 0.15) is 5.75 Å². The molecule has 0 fully saturated rings. The van der Waals surface area contributed by atoms with Crippen LogP contribution in [-0.4, -0.2) is 22.9 Å². The smallest absolute Gasteiger partial charge is 0.305 e. The fraction of sp³-hybridized carbons (Fsp3) is 0.562. The van der Waals surface area contributed by atoms with E-state index < -0.39 is 0 Å². The van der Waals surface area contributed by atoms with Gasteiger partial charge in [0.05, 0.1) is 6.61 Å². The van der Waals surface area contributed by atoms with Crippen molar-refractivity contribution in [2.24, 2.45) is 0 Å². The van der Waals surface area contributed by atoms with Crippen LogP contribution in [0.3, 0.4) is 0 Å². The zero-order valence-corrected chi connectivity index (χ0v) is 13.5. The number of rotatable bonds is 7. The number of aromatic hydroxyl groups is 1. The van der Waals surface area contributed by atoms with Crippen molar-refractivity contribution in [1.82, 2.24) is 0 Å². The predicted molar refractivity (Wildman–Crippen MR) is 84.2 cm³/mol. The summed E-state index contributed by atoms with van der Waals surface area (Å²) >= 11 is 1.77. The standard InChI is InChI=1S/C16H24O3S/c1-5-15(17)19-7-6-13(4)20-10-14-9-11(2)8-12(3)16(14)18/h8-9,13,18H,5-7,10H2,1-4H3. The maximum Gasteiger partial charge on any atom is 0.305 e. The van der Waals surface area contributed by atoms with Gasteiger partial charge in [0, 0.05) is 23.0 Å². The van der Waals surface area contributed by atoms with Crippen LogP contribution in [0.25, 0.3) is 0 Å². The highest BCUT2D eigenvalue weighted by Crippen LogP contribution is 2.29. The second-order valence-corrected chi connectivity index (χ2v) is 6.50. The molecule has 0 aliphatic heterocycles. The Hall–Kier alpha value is -1.16. The molecule has 4 heteroatoms. The van der Waals surface area contributed by atoms with Gasteiger partial charge in [-0.3, -0.25) is 4.79 Å². The van der Waals surface area contributed by atoms with Crippen molar-refractivity contribution in [2.45, 2.75) is 51.5 Å². The molecule has 0 aliphatic carbocycles. The number of hydrogen-bond acceptors (Lipinski definition) is 4. The monoisotopic (exact) mass is 296 g/mol. The summed E-state index contributed by atoms with van der Waals surface area (Å²) in [5.41, 5.74) is 3.07. The Bertz CT molecular complexity index is 457. The third-order valence-corrected chi connectivity index (χ3v) is 4.41. The van der Waals surface area contributed by atoms with Gasteiger partial charge in [-0.2, -0.15) is 11.8 Å². The van der Waals surface area contributed by atoms with Gasteiger partial charge in [0.2, 0.25) is 0 Å². The molecule has 112 valence electrons. The number of carbonyl (C=O) groups is 1. The van der Waals surface area contributed by atoms with Crippen LogP contribution in [-0.2, 0) is 15.3 Å². The molecular formula is C16H24O3S. The lowest BCUT2D eigenvalue weighted by atomic mass is 10.1. The number of esters is 1. The highest BCUT2D eigenvalue weighted by Gasteiger charge is 2.09. The van der Waals surface area contributed by atoms with Crippen LogP contribution in [0.1, 0.15) is 43.4 Å². The minimum Gasteiger partial charge on any atom is -0.507 e. The summed E-state index contributed by atoms with van der Waals surface area (Å²) in [6.07, 6.45) is 1.26. The Morgan fingerprint density at radius 1 is 1.40 bits per heavy atom. The van der Waals surface area contributed by atoms with Gasteiger partial charge < -0.3 is 9.84 Å². The number of phenols is 1. The second-order valence-electron chi connectivity index (χ2n) is 5.07.